The molecular formula is C17H28O5. The second-order valence-electron chi connectivity index (χ2n) is 7.78. The van der Waals surface area contributed by atoms with Crippen LogP contribution >= 0.6 is 0 Å². The van der Waals surface area contributed by atoms with Crippen molar-refractivity contribution in [3.63, 3.8) is 0 Å². The lowest BCUT2D eigenvalue weighted by atomic mass is 9.82. The second-order valence-corrected chi connectivity index (χ2v) is 7.78. The van der Waals surface area contributed by atoms with Gasteiger partial charge in [0.05, 0.1) is 11.8 Å². The lowest BCUT2D eigenvalue weighted by molar-refractivity contribution is -0.170. The molecule has 5 atom stereocenters. The monoisotopic (exact) mass is 312 g/mol. The zero-order valence-electron chi connectivity index (χ0n) is 14.3. The molecule has 2 aliphatic rings. The van der Waals surface area contributed by atoms with Crippen LogP contribution in [0.15, 0.2) is 0 Å². The summed E-state index contributed by atoms with van der Waals surface area (Å²) in [5.41, 5.74) is -0.120. The Kier molecular flexibility index (Phi) is 5.15. The molecule has 2 bridgehead atoms. The number of esters is 2. The van der Waals surface area contributed by atoms with E-state index in [1.165, 1.54) is 7.11 Å². The van der Waals surface area contributed by atoms with Gasteiger partial charge >= 0.3 is 11.9 Å². The number of methoxy groups -OCH3 is 1. The van der Waals surface area contributed by atoms with Crippen LogP contribution < -0.4 is 0 Å². The Labute approximate surface area is 132 Å². The molecule has 0 aromatic carbocycles. The Balaban J connectivity index is 1.94. The fraction of sp³-hybridized carbons (Fsp3) is 0.882. The summed E-state index contributed by atoms with van der Waals surface area (Å²) in [6.07, 6.45) is 2.53. The van der Waals surface area contributed by atoms with E-state index in [1.807, 2.05) is 27.7 Å². The summed E-state index contributed by atoms with van der Waals surface area (Å²) >= 11 is 0. The van der Waals surface area contributed by atoms with E-state index in [0.29, 0.717) is 5.92 Å². The minimum Gasteiger partial charge on any atom is -0.462 e. The molecule has 5 unspecified atom stereocenters. The lowest BCUT2D eigenvalue weighted by Crippen LogP contribution is -2.37. The minimum atomic E-state index is -0.223. The van der Waals surface area contributed by atoms with E-state index in [1.54, 1.807) is 0 Å². The molecule has 0 aromatic heterocycles. The Hall–Kier alpha value is -1.10. The topological polar surface area (TPSA) is 61.8 Å². The van der Waals surface area contributed by atoms with Crippen LogP contribution in [-0.4, -0.2) is 31.9 Å². The summed E-state index contributed by atoms with van der Waals surface area (Å²) in [5.74, 6) is -0.131. The third kappa shape index (κ3) is 3.62. The predicted molar refractivity (Wildman–Crippen MR) is 80.8 cm³/mol. The standard InChI is InChI=1S/C17H28O5/c1-10(17(2,3)4)15(18)22-14-8-11-6-12(14)13(7-11)16(19)21-9-20-5/h10-14H,6-9H2,1-5H3. The van der Waals surface area contributed by atoms with E-state index in [9.17, 15) is 9.59 Å². The van der Waals surface area contributed by atoms with Crippen LogP contribution in [0.5, 0.6) is 0 Å². The van der Waals surface area contributed by atoms with Gasteiger partial charge in [-0.05, 0) is 30.6 Å². The molecule has 2 rings (SSSR count). The fourth-order valence-electron chi connectivity index (χ4n) is 3.52. The van der Waals surface area contributed by atoms with Gasteiger partial charge < -0.3 is 14.2 Å². The molecule has 5 nitrogen and oxygen atoms in total. The van der Waals surface area contributed by atoms with Crippen LogP contribution in [0.3, 0.4) is 0 Å². The van der Waals surface area contributed by atoms with E-state index in [2.05, 4.69) is 0 Å². The van der Waals surface area contributed by atoms with E-state index in [4.69, 9.17) is 14.2 Å². The van der Waals surface area contributed by atoms with Crippen LogP contribution in [0.1, 0.15) is 47.0 Å². The maximum atomic E-state index is 12.3. The van der Waals surface area contributed by atoms with Crippen molar-refractivity contribution in [3.05, 3.63) is 0 Å². The Morgan fingerprint density at radius 3 is 2.41 bits per heavy atom. The number of hydrogen-bond donors (Lipinski definition) is 0. The van der Waals surface area contributed by atoms with Gasteiger partial charge in [0.25, 0.3) is 0 Å². The van der Waals surface area contributed by atoms with Gasteiger partial charge in [0, 0.05) is 13.0 Å². The first kappa shape index (κ1) is 17.3. The molecule has 0 amide bonds. The molecule has 2 saturated carbocycles. The third-order valence-electron chi connectivity index (χ3n) is 5.29. The van der Waals surface area contributed by atoms with Crippen LogP contribution in [0.4, 0.5) is 0 Å². The van der Waals surface area contributed by atoms with Crippen molar-refractivity contribution in [1.29, 1.82) is 0 Å². The van der Waals surface area contributed by atoms with Crippen molar-refractivity contribution >= 4 is 11.9 Å². The molecule has 0 saturated heterocycles. The van der Waals surface area contributed by atoms with Gasteiger partial charge in [-0.1, -0.05) is 27.7 Å². The molecule has 0 aliphatic heterocycles. The van der Waals surface area contributed by atoms with Crippen molar-refractivity contribution in [1.82, 2.24) is 0 Å². The molecular weight excluding hydrogens is 284 g/mol. The smallest absolute Gasteiger partial charge is 0.311 e. The van der Waals surface area contributed by atoms with E-state index < -0.39 is 0 Å². The summed E-state index contributed by atoms with van der Waals surface area (Å²) in [4.78, 5) is 24.4. The molecule has 126 valence electrons. The van der Waals surface area contributed by atoms with Gasteiger partial charge in [-0.2, -0.15) is 0 Å². The first-order valence-electron chi connectivity index (χ1n) is 8.10. The maximum Gasteiger partial charge on any atom is 0.311 e. The largest absolute Gasteiger partial charge is 0.462 e. The van der Waals surface area contributed by atoms with Crippen LogP contribution in [0.2, 0.25) is 0 Å². The van der Waals surface area contributed by atoms with Gasteiger partial charge in [-0.3, -0.25) is 9.59 Å². The quantitative estimate of drug-likeness (QED) is 0.577. The molecule has 0 spiro atoms. The molecule has 5 heteroatoms. The van der Waals surface area contributed by atoms with Gasteiger partial charge in [-0.25, -0.2) is 0 Å². The number of rotatable bonds is 5. The molecule has 0 aromatic rings. The highest BCUT2D eigenvalue weighted by atomic mass is 16.7. The average molecular weight is 312 g/mol. The first-order valence-corrected chi connectivity index (χ1v) is 8.10. The highest BCUT2D eigenvalue weighted by Gasteiger charge is 2.51. The van der Waals surface area contributed by atoms with E-state index in [0.717, 1.165) is 19.3 Å². The highest BCUT2D eigenvalue weighted by molar-refractivity contribution is 5.75. The number of ether oxygens (including phenoxy) is 3. The summed E-state index contributed by atoms with van der Waals surface area (Å²) in [6.45, 7) is 7.98. The summed E-state index contributed by atoms with van der Waals surface area (Å²) in [5, 5.41) is 0. The Morgan fingerprint density at radius 1 is 1.18 bits per heavy atom. The number of hydrogen-bond acceptors (Lipinski definition) is 5. The Morgan fingerprint density at radius 2 is 1.86 bits per heavy atom. The van der Waals surface area contributed by atoms with E-state index in [-0.39, 0.29) is 48.0 Å². The van der Waals surface area contributed by atoms with Gasteiger partial charge in [-0.15, -0.1) is 0 Å². The van der Waals surface area contributed by atoms with E-state index >= 15 is 0 Å². The Bertz CT molecular complexity index is 425. The molecule has 0 radical (unpaired) electrons. The van der Waals surface area contributed by atoms with Crippen LogP contribution in [-0.2, 0) is 23.8 Å². The van der Waals surface area contributed by atoms with Crippen LogP contribution in [0.25, 0.3) is 0 Å². The summed E-state index contributed by atoms with van der Waals surface area (Å²) in [7, 11) is 1.49. The fourth-order valence-corrected chi connectivity index (χ4v) is 3.52. The second kappa shape index (κ2) is 6.57. The number of fused-ring (bicyclic) bond motifs is 2. The highest BCUT2D eigenvalue weighted by Crippen LogP contribution is 2.50. The number of carbonyl (C=O) groups excluding carboxylic acids is 2. The normalized spacial score (nSPS) is 31.9. The van der Waals surface area contributed by atoms with Gasteiger partial charge in [0.1, 0.15) is 6.10 Å². The zero-order valence-corrected chi connectivity index (χ0v) is 14.3. The third-order valence-corrected chi connectivity index (χ3v) is 5.29. The van der Waals surface area contributed by atoms with Crippen molar-refractivity contribution in [3.8, 4) is 0 Å². The molecule has 2 fully saturated rings. The van der Waals surface area contributed by atoms with Gasteiger partial charge in [0.2, 0.25) is 0 Å². The molecule has 0 heterocycles. The van der Waals surface area contributed by atoms with Gasteiger partial charge in [0.15, 0.2) is 6.79 Å². The van der Waals surface area contributed by atoms with Crippen molar-refractivity contribution in [2.24, 2.45) is 29.1 Å². The average Bonchev–Trinajstić information content (AvgIpc) is 3.02. The van der Waals surface area contributed by atoms with Crippen molar-refractivity contribution < 1.29 is 23.8 Å². The lowest BCUT2D eigenvalue weighted by Gasteiger charge is -2.31. The predicted octanol–water partition coefficient (Wildman–Crippen LogP) is 2.77. The van der Waals surface area contributed by atoms with Crippen molar-refractivity contribution in [2.75, 3.05) is 13.9 Å². The summed E-state index contributed by atoms with van der Waals surface area (Å²) in [6, 6.07) is 0. The molecule has 0 N–H and O–H groups in total. The van der Waals surface area contributed by atoms with Crippen molar-refractivity contribution in [2.45, 2.75) is 53.1 Å². The SMILES string of the molecule is COCOC(=O)C1CC2CC(OC(=O)C(C)C(C)(C)C)C1C2. The molecule has 22 heavy (non-hydrogen) atoms. The summed E-state index contributed by atoms with van der Waals surface area (Å²) < 4.78 is 15.6. The molecule has 2 aliphatic carbocycles. The maximum absolute atomic E-state index is 12.3. The minimum absolute atomic E-state index is 0.0156. The zero-order chi connectivity index (χ0) is 16.5. The first-order chi connectivity index (χ1) is 10.2. The number of carbonyl (C=O) groups is 2. The van der Waals surface area contributed by atoms with Crippen LogP contribution in [0, 0.1) is 29.1 Å².